The zero-order valence-electron chi connectivity index (χ0n) is 8.94. The third-order valence-electron chi connectivity index (χ3n) is 2.23. The predicted octanol–water partition coefficient (Wildman–Crippen LogP) is 0.716. The highest BCUT2D eigenvalue weighted by atomic mass is 16.5. The van der Waals surface area contributed by atoms with Gasteiger partial charge in [-0.1, -0.05) is 0 Å². The fraction of sp³-hybridized carbons (Fsp3) is 0.700. The van der Waals surface area contributed by atoms with Gasteiger partial charge in [-0.05, 0) is 25.8 Å². The highest BCUT2D eigenvalue weighted by Crippen LogP contribution is 2.02. The van der Waals surface area contributed by atoms with Crippen LogP contribution in [0.1, 0.15) is 19.0 Å². The van der Waals surface area contributed by atoms with Gasteiger partial charge < -0.3 is 10.5 Å². The summed E-state index contributed by atoms with van der Waals surface area (Å²) in [5.41, 5.74) is 7.09. The number of nitrogens with two attached hydrogens (primary N) is 1. The molecule has 1 rings (SSSR count). The molecule has 0 aliphatic carbocycles. The van der Waals surface area contributed by atoms with Crippen molar-refractivity contribution in [3.8, 4) is 0 Å². The van der Waals surface area contributed by atoms with Gasteiger partial charge in [-0.25, -0.2) is 0 Å². The fourth-order valence-corrected chi connectivity index (χ4v) is 1.33. The van der Waals surface area contributed by atoms with E-state index >= 15 is 0 Å². The number of aryl methyl sites for hydroxylation is 2. The Labute approximate surface area is 85.0 Å². The molecule has 0 saturated carbocycles. The quantitative estimate of drug-likeness (QED) is 0.731. The van der Waals surface area contributed by atoms with Gasteiger partial charge in [-0.2, -0.15) is 5.10 Å². The minimum absolute atomic E-state index is 0.129. The molecule has 0 saturated heterocycles. The van der Waals surface area contributed by atoms with Crippen molar-refractivity contribution in [2.75, 3.05) is 13.2 Å². The summed E-state index contributed by atoms with van der Waals surface area (Å²) >= 11 is 0. The van der Waals surface area contributed by atoms with Crippen LogP contribution in [-0.4, -0.2) is 29.0 Å². The first-order valence-corrected chi connectivity index (χ1v) is 5.04. The van der Waals surface area contributed by atoms with E-state index in [1.54, 1.807) is 0 Å². The molecular formula is C10H19N3O. The number of nitrogens with zero attached hydrogens (tertiary/aromatic N) is 2. The van der Waals surface area contributed by atoms with E-state index in [-0.39, 0.29) is 6.04 Å². The Kier molecular flexibility index (Phi) is 4.62. The van der Waals surface area contributed by atoms with Crippen molar-refractivity contribution in [3.05, 3.63) is 18.0 Å². The van der Waals surface area contributed by atoms with Crippen LogP contribution in [0.3, 0.4) is 0 Å². The van der Waals surface area contributed by atoms with Crippen molar-refractivity contribution in [3.63, 3.8) is 0 Å². The maximum absolute atomic E-state index is 5.87. The maximum atomic E-state index is 5.87. The van der Waals surface area contributed by atoms with Crippen molar-refractivity contribution >= 4 is 0 Å². The van der Waals surface area contributed by atoms with E-state index in [4.69, 9.17) is 10.5 Å². The highest BCUT2D eigenvalue weighted by Gasteiger charge is 2.04. The molecule has 1 unspecified atom stereocenters. The van der Waals surface area contributed by atoms with Crippen molar-refractivity contribution in [1.82, 2.24) is 9.78 Å². The molecule has 0 spiro atoms. The van der Waals surface area contributed by atoms with Gasteiger partial charge in [0.25, 0.3) is 0 Å². The van der Waals surface area contributed by atoms with Gasteiger partial charge in [0.15, 0.2) is 0 Å². The van der Waals surface area contributed by atoms with Gasteiger partial charge in [-0.3, -0.25) is 4.68 Å². The van der Waals surface area contributed by atoms with Crippen LogP contribution in [0, 0.1) is 0 Å². The average Bonchev–Trinajstić information content (AvgIpc) is 2.58. The van der Waals surface area contributed by atoms with Gasteiger partial charge in [0.05, 0.1) is 6.61 Å². The maximum Gasteiger partial charge on any atom is 0.0617 e. The van der Waals surface area contributed by atoms with E-state index in [0.717, 1.165) is 19.4 Å². The molecule has 1 aromatic rings. The lowest BCUT2D eigenvalue weighted by molar-refractivity contribution is 0.131. The summed E-state index contributed by atoms with van der Waals surface area (Å²) in [5, 5.41) is 4.10. The molecule has 0 aromatic carbocycles. The van der Waals surface area contributed by atoms with Gasteiger partial charge in [0, 0.05) is 31.6 Å². The lowest BCUT2D eigenvalue weighted by Gasteiger charge is -2.10. The molecule has 0 radical (unpaired) electrons. The lowest BCUT2D eigenvalue weighted by Crippen LogP contribution is -2.27. The summed E-state index contributed by atoms with van der Waals surface area (Å²) in [7, 11) is 1.95. The Morgan fingerprint density at radius 1 is 1.64 bits per heavy atom. The number of rotatable bonds is 6. The molecule has 0 aliphatic rings. The highest BCUT2D eigenvalue weighted by molar-refractivity contribution is 5.00. The Morgan fingerprint density at radius 2 is 2.43 bits per heavy atom. The summed E-state index contributed by atoms with van der Waals surface area (Å²) in [5.74, 6) is 0. The van der Waals surface area contributed by atoms with E-state index < -0.39 is 0 Å². The van der Waals surface area contributed by atoms with Crippen LogP contribution in [0.2, 0.25) is 0 Å². The van der Waals surface area contributed by atoms with Crippen LogP contribution in [0.25, 0.3) is 0 Å². The SMILES string of the molecule is CCOCC(N)CCc1ccnn1C. The number of hydrogen-bond donors (Lipinski definition) is 1. The minimum atomic E-state index is 0.129. The first-order chi connectivity index (χ1) is 6.74. The summed E-state index contributed by atoms with van der Waals surface area (Å²) in [4.78, 5) is 0. The third-order valence-corrected chi connectivity index (χ3v) is 2.23. The molecule has 4 nitrogen and oxygen atoms in total. The zero-order chi connectivity index (χ0) is 10.4. The minimum Gasteiger partial charge on any atom is -0.380 e. The van der Waals surface area contributed by atoms with Crippen LogP contribution in [0.15, 0.2) is 12.3 Å². The van der Waals surface area contributed by atoms with E-state index in [0.29, 0.717) is 6.61 Å². The predicted molar refractivity (Wildman–Crippen MR) is 56.0 cm³/mol. The topological polar surface area (TPSA) is 53.1 Å². The molecule has 80 valence electrons. The standard InChI is InChI=1S/C10H19N3O/c1-3-14-8-9(11)4-5-10-6-7-12-13(10)2/h6-7,9H,3-5,8,11H2,1-2H3. The van der Waals surface area contributed by atoms with Gasteiger partial charge >= 0.3 is 0 Å². The normalized spacial score (nSPS) is 13.1. The summed E-state index contributed by atoms with van der Waals surface area (Å²) in [6.07, 6.45) is 3.72. The molecule has 0 amide bonds. The second-order valence-electron chi connectivity index (χ2n) is 3.40. The first kappa shape index (κ1) is 11.2. The molecule has 1 heterocycles. The fourth-order valence-electron chi connectivity index (χ4n) is 1.33. The third kappa shape index (κ3) is 3.47. The van der Waals surface area contributed by atoms with Crippen LogP contribution >= 0.6 is 0 Å². The van der Waals surface area contributed by atoms with Gasteiger partial charge in [0.1, 0.15) is 0 Å². The smallest absolute Gasteiger partial charge is 0.0617 e. The van der Waals surface area contributed by atoms with E-state index in [2.05, 4.69) is 5.10 Å². The van der Waals surface area contributed by atoms with Crippen LogP contribution < -0.4 is 5.73 Å². The van der Waals surface area contributed by atoms with Crippen molar-refractivity contribution in [2.24, 2.45) is 12.8 Å². The Morgan fingerprint density at radius 3 is 3.00 bits per heavy atom. The Bertz CT molecular complexity index is 260. The first-order valence-electron chi connectivity index (χ1n) is 5.04. The summed E-state index contributed by atoms with van der Waals surface area (Å²) < 4.78 is 7.13. The van der Waals surface area contributed by atoms with Crippen molar-refractivity contribution in [2.45, 2.75) is 25.8 Å². The number of ether oxygens (including phenoxy) is 1. The molecule has 0 aliphatic heterocycles. The zero-order valence-corrected chi connectivity index (χ0v) is 8.94. The van der Waals surface area contributed by atoms with Crippen molar-refractivity contribution in [1.29, 1.82) is 0 Å². The molecular weight excluding hydrogens is 178 g/mol. The van der Waals surface area contributed by atoms with Crippen LogP contribution in [-0.2, 0) is 18.2 Å². The molecule has 4 heteroatoms. The van der Waals surface area contributed by atoms with Crippen molar-refractivity contribution < 1.29 is 4.74 Å². The average molecular weight is 197 g/mol. The van der Waals surface area contributed by atoms with Gasteiger partial charge in [-0.15, -0.1) is 0 Å². The monoisotopic (exact) mass is 197 g/mol. The van der Waals surface area contributed by atoms with Crippen LogP contribution in [0.5, 0.6) is 0 Å². The van der Waals surface area contributed by atoms with E-state index in [9.17, 15) is 0 Å². The molecule has 0 fully saturated rings. The second-order valence-corrected chi connectivity index (χ2v) is 3.40. The number of aromatic nitrogens is 2. The molecule has 1 aromatic heterocycles. The van der Waals surface area contributed by atoms with E-state index in [1.165, 1.54) is 5.69 Å². The van der Waals surface area contributed by atoms with E-state index in [1.807, 2.05) is 30.9 Å². The molecule has 14 heavy (non-hydrogen) atoms. The summed E-state index contributed by atoms with van der Waals surface area (Å²) in [6.45, 7) is 3.36. The number of hydrogen-bond acceptors (Lipinski definition) is 3. The second kappa shape index (κ2) is 5.78. The largest absolute Gasteiger partial charge is 0.380 e. The molecule has 0 bridgehead atoms. The Balaban J connectivity index is 2.23. The summed E-state index contributed by atoms with van der Waals surface area (Å²) in [6, 6.07) is 2.15. The van der Waals surface area contributed by atoms with Gasteiger partial charge in [0.2, 0.25) is 0 Å². The Hall–Kier alpha value is -0.870. The molecule has 2 N–H and O–H groups in total. The lowest BCUT2D eigenvalue weighted by atomic mass is 10.1. The molecule has 1 atom stereocenters. The van der Waals surface area contributed by atoms with Crippen LogP contribution in [0.4, 0.5) is 0 Å².